The molecule has 1 aromatic carbocycles. The number of hydrogen-bond donors (Lipinski definition) is 2. The van der Waals surface area contributed by atoms with Gasteiger partial charge in [-0.3, -0.25) is 0 Å². The molecule has 1 aromatic rings. The molecule has 0 fully saturated rings. The van der Waals surface area contributed by atoms with Gasteiger partial charge in [0.15, 0.2) is 14.9 Å². The van der Waals surface area contributed by atoms with Crippen molar-refractivity contribution in [3.63, 3.8) is 0 Å². The lowest BCUT2D eigenvalue weighted by Crippen LogP contribution is -2.29. The summed E-state index contributed by atoms with van der Waals surface area (Å²) >= 11 is 0. The Bertz CT molecular complexity index is 777. The highest BCUT2D eigenvalue weighted by Gasteiger charge is 2.18. The van der Waals surface area contributed by atoms with E-state index in [1.807, 2.05) is 4.72 Å². The van der Waals surface area contributed by atoms with Crippen LogP contribution < -0.4 is 10.5 Å². The minimum Gasteiger partial charge on any atom is -0.320 e. The van der Waals surface area contributed by atoms with Crippen molar-refractivity contribution in [1.29, 1.82) is 0 Å². The highest BCUT2D eigenvalue weighted by Crippen LogP contribution is 2.10. The maximum absolute atomic E-state index is 13.6. The molecule has 0 amide bonds. The third-order valence-electron chi connectivity index (χ3n) is 2.23. The molecule has 0 saturated carbocycles. The van der Waals surface area contributed by atoms with Crippen molar-refractivity contribution in [2.24, 2.45) is 5.73 Å². The van der Waals surface area contributed by atoms with Crippen LogP contribution in [0.4, 0.5) is 4.39 Å². The molecule has 21 heavy (non-hydrogen) atoms. The molecule has 0 atom stereocenters. The lowest BCUT2D eigenvalue weighted by Gasteiger charge is -2.07. The van der Waals surface area contributed by atoms with Crippen molar-refractivity contribution in [1.82, 2.24) is 4.72 Å². The van der Waals surface area contributed by atoms with Crippen LogP contribution in [-0.2, 0) is 26.4 Å². The van der Waals surface area contributed by atoms with E-state index in [0.29, 0.717) is 5.56 Å². The fraction of sp³-hybridized carbons (Fsp3) is 0.333. The van der Waals surface area contributed by atoms with Gasteiger partial charge in [-0.1, -0.05) is 11.8 Å². The average molecular weight is 334 g/mol. The van der Waals surface area contributed by atoms with Gasteiger partial charge in [0, 0.05) is 23.9 Å². The van der Waals surface area contributed by atoms with Crippen LogP contribution in [0.5, 0.6) is 0 Å². The molecule has 9 heteroatoms. The molecular weight excluding hydrogens is 319 g/mol. The summed E-state index contributed by atoms with van der Waals surface area (Å²) in [5.41, 5.74) is 5.77. The van der Waals surface area contributed by atoms with Gasteiger partial charge in [-0.25, -0.2) is 25.9 Å². The van der Waals surface area contributed by atoms with Crippen molar-refractivity contribution in [3.05, 3.63) is 35.1 Å². The van der Waals surface area contributed by atoms with Crippen LogP contribution in [0.2, 0.25) is 0 Å². The smallest absolute Gasteiger partial charge is 0.226 e. The first-order valence-electron chi connectivity index (χ1n) is 5.75. The first-order valence-corrected chi connectivity index (χ1v) is 9.47. The predicted molar refractivity (Wildman–Crippen MR) is 77.8 cm³/mol. The maximum Gasteiger partial charge on any atom is 0.226 e. The number of nitrogens with two attached hydrogens (primary N) is 1. The Balaban J connectivity index is 2.89. The van der Waals surface area contributed by atoms with E-state index in [1.54, 1.807) is 0 Å². The number of halogens is 1. The van der Waals surface area contributed by atoms with Gasteiger partial charge in [0.25, 0.3) is 0 Å². The number of sulfone groups is 1. The third-order valence-corrected chi connectivity index (χ3v) is 5.77. The zero-order chi connectivity index (χ0) is 16.1. The predicted octanol–water partition coefficient (Wildman–Crippen LogP) is -0.443. The number of hydrogen-bond acceptors (Lipinski definition) is 5. The van der Waals surface area contributed by atoms with Crippen molar-refractivity contribution < 1.29 is 21.2 Å². The van der Waals surface area contributed by atoms with E-state index in [2.05, 4.69) is 11.8 Å². The molecule has 116 valence electrons. The van der Waals surface area contributed by atoms with Crippen molar-refractivity contribution in [2.75, 3.05) is 17.9 Å². The molecule has 0 radical (unpaired) electrons. The lowest BCUT2D eigenvalue weighted by molar-refractivity contribution is 0.575. The van der Waals surface area contributed by atoms with E-state index in [4.69, 9.17) is 5.73 Å². The van der Waals surface area contributed by atoms with Crippen LogP contribution in [0.1, 0.15) is 11.1 Å². The highest BCUT2D eigenvalue weighted by molar-refractivity contribution is 8.06. The summed E-state index contributed by atoms with van der Waals surface area (Å²) in [6, 6.07) is 3.97. The molecule has 0 spiro atoms. The third kappa shape index (κ3) is 6.68. The zero-order valence-corrected chi connectivity index (χ0v) is 12.9. The summed E-state index contributed by atoms with van der Waals surface area (Å²) < 4.78 is 60.6. The van der Waals surface area contributed by atoms with Gasteiger partial charge in [-0.15, -0.1) is 0 Å². The quantitative estimate of drug-likeness (QED) is 0.710. The molecule has 0 aliphatic carbocycles. The second kappa shape index (κ2) is 7.00. The van der Waals surface area contributed by atoms with Gasteiger partial charge in [0.2, 0.25) is 10.0 Å². The van der Waals surface area contributed by atoms with Gasteiger partial charge in [0.1, 0.15) is 5.82 Å². The minimum atomic E-state index is -4.04. The molecular formula is C12H15FN2O4S2. The van der Waals surface area contributed by atoms with Crippen LogP contribution in [0.15, 0.2) is 18.2 Å². The fourth-order valence-corrected chi connectivity index (χ4v) is 4.42. The second-order valence-corrected chi connectivity index (χ2v) is 8.60. The lowest BCUT2D eigenvalue weighted by atomic mass is 10.1. The molecule has 0 saturated heterocycles. The SMILES string of the molecule is CS(=O)(=O)CS(=O)(=O)NCc1cc(C#CCN)ccc1F. The molecule has 0 bridgehead atoms. The molecule has 0 heterocycles. The molecule has 6 nitrogen and oxygen atoms in total. The van der Waals surface area contributed by atoms with Crippen LogP contribution in [0.3, 0.4) is 0 Å². The Morgan fingerprint density at radius 3 is 2.52 bits per heavy atom. The highest BCUT2D eigenvalue weighted by atomic mass is 32.3. The first kappa shape index (κ1) is 17.6. The summed E-state index contributed by atoms with van der Waals surface area (Å²) in [6.07, 6.45) is 0.801. The normalized spacial score (nSPS) is 11.8. The topological polar surface area (TPSA) is 106 Å². The van der Waals surface area contributed by atoms with Gasteiger partial charge in [0.05, 0.1) is 6.54 Å². The Morgan fingerprint density at radius 2 is 1.95 bits per heavy atom. The summed E-state index contributed by atoms with van der Waals surface area (Å²) in [4.78, 5) is 0. The Hall–Kier alpha value is -1.47. The van der Waals surface area contributed by atoms with Gasteiger partial charge >= 0.3 is 0 Å². The van der Waals surface area contributed by atoms with Crippen LogP contribution in [0, 0.1) is 17.7 Å². The van der Waals surface area contributed by atoms with E-state index in [9.17, 15) is 21.2 Å². The maximum atomic E-state index is 13.6. The zero-order valence-electron chi connectivity index (χ0n) is 11.3. The summed E-state index contributed by atoms with van der Waals surface area (Å²) in [6.45, 7) is -0.213. The van der Waals surface area contributed by atoms with Crippen LogP contribution in [0.25, 0.3) is 0 Å². The van der Waals surface area contributed by atoms with Crippen LogP contribution >= 0.6 is 0 Å². The molecule has 1 rings (SSSR count). The minimum absolute atomic E-state index is 0.0656. The number of rotatable bonds is 5. The van der Waals surface area contributed by atoms with Crippen molar-refractivity contribution >= 4 is 19.9 Å². The monoisotopic (exact) mass is 334 g/mol. The largest absolute Gasteiger partial charge is 0.320 e. The van der Waals surface area contributed by atoms with Crippen LogP contribution in [-0.4, -0.2) is 34.7 Å². The van der Waals surface area contributed by atoms with E-state index >= 15 is 0 Å². The van der Waals surface area contributed by atoms with Gasteiger partial charge in [-0.05, 0) is 18.2 Å². The molecule has 0 aromatic heterocycles. The molecule has 0 aliphatic rings. The van der Waals surface area contributed by atoms with Gasteiger partial charge in [-0.2, -0.15) is 0 Å². The number of sulfonamides is 1. The first-order chi connectivity index (χ1) is 9.63. The van der Waals surface area contributed by atoms with Crippen molar-refractivity contribution in [2.45, 2.75) is 6.54 Å². The Labute approximate surface area is 123 Å². The van der Waals surface area contributed by atoms with E-state index in [0.717, 1.165) is 12.3 Å². The number of benzene rings is 1. The molecule has 0 unspecified atom stereocenters. The Kier molecular flexibility index (Phi) is 5.86. The van der Waals surface area contributed by atoms with Gasteiger partial charge < -0.3 is 5.73 Å². The van der Waals surface area contributed by atoms with E-state index < -0.39 is 30.8 Å². The molecule has 3 N–H and O–H groups in total. The number of nitrogens with one attached hydrogen (secondary N) is 1. The summed E-state index contributed by atoms with van der Waals surface area (Å²) in [5, 5.41) is -1.05. The van der Waals surface area contributed by atoms with E-state index in [1.165, 1.54) is 12.1 Å². The second-order valence-electron chi connectivity index (χ2n) is 4.29. The standard InChI is InChI=1S/C12H15FN2O4S2/c1-20(16,17)9-21(18,19)15-8-11-7-10(3-2-6-14)4-5-12(11)13/h4-5,7,15H,6,8-9,14H2,1H3. The summed E-state index contributed by atoms with van der Waals surface area (Å²) in [7, 11) is -7.74. The van der Waals surface area contributed by atoms with E-state index in [-0.39, 0.29) is 18.7 Å². The Morgan fingerprint density at radius 1 is 1.29 bits per heavy atom. The molecule has 0 aliphatic heterocycles. The fourth-order valence-electron chi connectivity index (χ4n) is 1.45. The summed E-state index contributed by atoms with van der Waals surface area (Å²) in [5.74, 6) is 4.67. The average Bonchev–Trinajstić information content (AvgIpc) is 2.33. The van der Waals surface area contributed by atoms with Crippen molar-refractivity contribution in [3.8, 4) is 11.8 Å².